The molecule has 18 heavy (non-hydrogen) atoms. The summed E-state index contributed by atoms with van der Waals surface area (Å²) in [4.78, 5) is 20.6. The fourth-order valence-electron chi connectivity index (χ4n) is 1.02. The quantitative estimate of drug-likeness (QED) is 0.626. The van der Waals surface area contributed by atoms with Crippen molar-refractivity contribution in [1.29, 1.82) is 0 Å². The topological polar surface area (TPSA) is 72.8 Å². The molecule has 1 saturated heterocycles. The number of rotatable bonds is 3. The highest BCUT2D eigenvalue weighted by Crippen LogP contribution is 2.12. The van der Waals surface area contributed by atoms with Gasteiger partial charge in [-0.05, 0) is 32.7 Å². The first-order chi connectivity index (χ1) is 8.34. The molecule has 0 aromatic rings. The van der Waals surface area contributed by atoms with Crippen molar-refractivity contribution in [2.24, 2.45) is 0 Å². The number of hydrogen-bond donors (Lipinski definition) is 1. The van der Waals surface area contributed by atoms with E-state index in [1.807, 2.05) is 0 Å². The van der Waals surface area contributed by atoms with Crippen molar-refractivity contribution in [1.82, 2.24) is 0 Å². The average Bonchev–Trinajstić information content (AvgIpc) is 2.30. The zero-order valence-electron chi connectivity index (χ0n) is 10.9. The number of hydrogen-bond acceptors (Lipinski definition) is 4. The standard InChI is InChI=1S/C8H14O3Si.C4H6O2/c1-7(2)8(9)11-12-6-4-3-5-10-12;1-3(2)4(5)6/h12H,1,3-6H2,2H3;1H2,2H3,(H,5,6). The van der Waals surface area contributed by atoms with Gasteiger partial charge in [-0.1, -0.05) is 13.2 Å². The molecule has 1 heterocycles. The van der Waals surface area contributed by atoms with Crippen LogP contribution in [-0.4, -0.2) is 32.9 Å². The Hall–Kier alpha value is -1.40. The number of carbonyl (C=O) groups is 2. The summed E-state index contributed by atoms with van der Waals surface area (Å²) >= 11 is 0. The molecule has 1 fully saturated rings. The fourth-order valence-corrected chi connectivity index (χ4v) is 2.87. The van der Waals surface area contributed by atoms with E-state index >= 15 is 0 Å². The van der Waals surface area contributed by atoms with Crippen LogP contribution >= 0.6 is 0 Å². The summed E-state index contributed by atoms with van der Waals surface area (Å²) < 4.78 is 10.5. The second kappa shape index (κ2) is 8.65. The minimum atomic E-state index is -1.65. The molecule has 0 aromatic heterocycles. The Bertz CT molecular complexity index is 319. The lowest BCUT2D eigenvalue weighted by molar-refractivity contribution is -0.133. The predicted octanol–water partition coefficient (Wildman–Crippen LogP) is 1.78. The molecular weight excluding hydrogens is 252 g/mol. The van der Waals surface area contributed by atoms with Crippen LogP contribution in [0.3, 0.4) is 0 Å². The second-order valence-electron chi connectivity index (χ2n) is 4.07. The van der Waals surface area contributed by atoms with E-state index in [0.29, 0.717) is 5.57 Å². The van der Waals surface area contributed by atoms with Gasteiger partial charge in [0, 0.05) is 17.8 Å². The molecule has 102 valence electrons. The third-order valence-electron chi connectivity index (χ3n) is 2.09. The Morgan fingerprint density at radius 1 is 1.22 bits per heavy atom. The summed E-state index contributed by atoms with van der Waals surface area (Å²) in [5, 5.41) is 7.89. The van der Waals surface area contributed by atoms with Gasteiger partial charge in [0.25, 0.3) is 0 Å². The van der Waals surface area contributed by atoms with E-state index in [1.165, 1.54) is 6.92 Å². The third kappa shape index (κ3) is 7.80. The number of carbonyl (C=O) groups excluding carboxylic acids is 1. The van der Waals surface area contributed by atoms with Gasteiger partial charge in [0.1, 0.15) is 0 Å². The summed E-state index contributed by atoms with van der Waals surface area (Å²) in [5.41, 5.74) is 0.631. The van der Waals surface area contributed by atoms with Gasteiger partial charge < -0.3 is 14.0 Å². The van der Waals surface area contributed by atoms with Crippen molar-refractivity contribution < 1.29 is 23.5 Å². The van der Waals surface area contributed by atoms with E-state index in [1.54, 1.807) is 6.92 Å². The maximum atomic E-state index is 11.0. The van der Waals surface area contributed by atoms with Gasteiger partial charge in [-0.15, -0.1) is 0 Å². The molecular formula is C12H20O5Si. The molecule has 0 bridgehead atoms. The smallest absolute Gasteiger partial charge is 0.385 e. The zero-order chi connectivity index (χ0) is 14.1. The number of carboxylic acids is 1. The highest BCUT2D eigenvalue weighted by molar-refractivity contribution is 6.47. The van der Waals surface area contributed by atoms with Crippen LogP contribution in [0.4, 0.5) is 0 Å². The summed E-state index contributed by atoms with van der Waals surface area (Å²) in [6, 6.07) is 0.943. The van der Waals surface area contributed by atoms with Crippen LogP contribution < -0.4 is 0 Å². The van der Waals surface area contributed by atoms with Crippen LogP contribution in [0.15, 0.2) is 24.3 Å². The molecule has 0 aliphatic carbocycles. The van der Waals surface area contributed by atoms with Crippen LogP contribution in [0.1, 0.15) is 26.7 Å². The minimum absolute atomic E-state index is 0.176. The van der Waals surface area contributed by atoms with Gasteiger partial charge in [-0.2, -0.15) is 0 Å². The molecule has 0 amide bonds. The van der Waals surface area contributed by atoms with E-state index in [-0.39, 0.29) is 11.5 Å². The first-order valence-corrected chi connectivity index (χ1v) is 7.47. The van der Waals surface area contributed by atoms with Crippen LogP contribution in [0, 0.1) is 0 Å². The lowest BCUT2D eigenvalue weighted by atomic mass is 10.4. The summed E-state index contributed by atoms with van der Waals surface area (Å²) in [5.74, 6) is -1.23. The molecule has 1 atom stereocenters. The maximum Gasteiger partial charge on any atom is 0.385 e. The minimum Gasteiger partial charge on any atom is -0.493 e. The first-order valence-electron chi connectivity index (χ1n) is 5.71. The summed E-state index contributed by atoms with van der Waals surface area (Å²) in [6.45, 7) is 10.5. The van der Waals surface area contributed by atoms with Crippen LogP contribution in [0.2, 0.25) is 6.04 Å². The Balaban J connectivity index is 0.000000411. The fraction of sp³-hybridized carbons (Fsp3) is 0.500. The van der Waals surface area contributed by atoms with Gasteiger partial charge in [-0.3, -0.25) is 0 Å². The van der Waals surface area contributed by atoms with Crippen molar-refractivity contribution >= 4 is 21.2 Å². The van der Waals surface area contributed by atoms with Crippen molar-refractivity contribution in [2.75, 3.05) is 6.61 Å². The SMILES string of the molecule is C=C(C)C(=O)O.C=C(C)C(=O)O[SiH]1CCCCO1. The molecule has 0 spiro atoms. The molecule has 1 aliphatic rings. The predicted molar refractivity (Wildman–Crippen MR) is 70.5 cm³/mol. The normalized spacial score (nSPS) is 18.0. The number of aliphatic carboxylic acids is 1. The largest absolute Gasteiger partial charge is 0.493 e. The molecule has 1 unspecified atom stereocenters. The maximum absolute atomic E-state index is 11.0. The molecule has 0 saturated carbocycles. The highest BCUT2D eigenvalue weighted by atomic mass is 28.3. The monoisotopic (exact) mass is 272 g/mol. The van der Waals surface area contributed by atoms with Crippen molar-refractivity contribution in [3.05, 3.63) is 24.3 Å². The molecule has 0 aromatic carbocycles. The van der Waals surface area contributed by atoms with E-state index < -0.39 is 15.3 Å². The van der Waals surface area contributed by atoms with Crippen LogP contribution in [-0.2, 0) is 18.4 Å². The van der Waals surface area contributed by atoms with E-state index in [0.717, 1.165) is 25.5 Å². The van der Waals surface area contributed by atoms with Gasteiger partial charge in [-0.25, -0.2) is 9.59 Å². The van der Waals surface area contributed by atoms with E-state index in [4.69, 9.17) is 14.0 Å². The van der Waals surface area contributed by atoms with E-state index in [9.17, 15) is 9.59 Å². The van der Waals surface area contributed by atoms with Crippen molar-refractivity contribution in [3.8, 4) is 0 Å². The second-order valence-corrected chi connectivity index (χ2v) is 6.07. The lowest BCUT2D eigenvalue weighted by Crippen LogP contribution is -2.29. The average molecular weight is 272 g/mol. The summed E-state index contributed by atoms with van der Waals surface area (Å²) in [6.07, 6.45) is 2.22. The highest BCUT2D eigenvalue weighted by Gasteiger charge is 2.21. The molecule has 6 heteroatoms. The molecule has 1 N–H and O–H groups in total. The number of carboxylic acid groups (broad SMARTS) is 1. The van der Waals surface area contributed by atoms with E-state index in [2.05, 4.69) is 13.2 Å². The zero-order valence-corrected chi connectivity index (χ0v) is 12.1. The Kier molecular flexibility index (Phi) is 7.98. The van der Waals surface area contributed by atoms with Crippen molar-refractivity contribution in [2.45, 2.75) is 32.7 Å². The Labute approximate surface area is 109 Å². The van der Waals surface area contributed by atoms with Gasteiger partial charge in [0.15, 0.2) is 0 Å². The molecule has 1 aliphatic heterocycles. The first kappa shape index (κ1) is 16.6. The Morgan fingerprint density at radius 3 is 2.11 bits per heavy atom. The van der Waals surface area contributed by atoms with Gasteiger partial charge >= 0.3 is 21.2 Å². The van der Waals surface area contributed by atoms with Gasteiger partial charge in [0.05, 0.1) is 0 Å². The third-order valence-corrected chi connectivity index (χ3v) is 4.05. The van der Waals surface area contributed by atoms with Crippen LogP contribution in [0.25, 0.3) is 0 Å². The van der Waals surface area contributed by atoms with Gasteiger partial charge in [0.2, 0.25) is 0 Å². The van der Waals surface area contributed by atoms with Crippen LogP contribution in [0.5, 0.6) is 0 Å². The Morgan fingerprint density at radius 2 is 1.78 bits per heavy atom. The molecule has 1 rings (SSSR count). The molecule has 0 radical (unpaired) electrons. The summed E-state index contributed by atoms with van der Waals surface area (Å²) in [7, 11) is -1.65. The van der Waals surface area contributed by atoms with Crippen molar-refractivity contribution in [3.63, 3.8) is 0 Å². The molecule has 5 nitrogen and oxygen atoms in total. The lowest BCUT2D eigenvalue weighted by Gasteiger charge is -2.20.